The first kappa shape index (κ1) is 13.5. The summed E-state index contributed by atoms with van der Waals surface area (Å²) in [7, 11) is 0. The summed E-state index contributed by atoms with van der Waals surface area (Å²) in [5.41, 5.74) is 0.663. The zero-order valence-electron chi connectivity index (χ0n) is 12.6. The number of aromatic nitrogens is 2. The standard InChI is InChI=1S/C15H23N3O2/c1-5-10-8-16-13(17-10)12-7-9-6-11(9)18(12)14(19)20-15(2,3)4/h8-9,11-12H,5-7H2,1-4H3,(H,16,17). The highest BCUT2D eigenvalue weighted by molar-refractivity contribution is 5.70. The average Bonchev–Trinajstić information content (AvgIpc) is 2.83. The fourth-order valence-electron chi connectivity index (χ4n) is 3.00. The number of amides is 1. The summed E-state index contributed by atoms with van der Waals surface area (Å²) in [6, 6.07) is 0.402. The number of piperidine rings is 1. The van der Waals surface area contributed by atoms with Crippen molar-refractivity contribution < 1.29 is 9.53 Å². The molecule has 1 aromatic heterocycles. The van der Waals surface area contributed by atoms with Crippen LogP contribution < -0.4 is 0 Å². The van der Waals surface area contributed by atoms with Crippen molar-refractivity contribution in [2.24, 2.45) is 5.92 Å². The average molecular weight is 277 g/mol. The lowest BCUT2D eigenvalue weighted by molar-refractivity contribution is 0.0175. The van der Waals surface area contributed by atoms with Crippen LogP contribution in [0.1, 0.15) is 58.1 Å². The number of imidazole rings is 1. The monoisotopic (exact) mass is 277 g/mol. The second-order valence-electron chi connectivity index (χ2n) is 6.85. The number of rotatable bonds is 2. The van der Waals surface area contributed by atoms with Gasteiger partial charge < -0.3 is 9.72 Å². The third-order valence-corrected chi connectivity index (χ3v) is 4.05. The minimum atomic E-state index is -0.452. The van der Waals surface area contributed by atoms with Gasteiger partial charge in [0.1, 0.15) is 11.4 Å². The van der Waals surface area contributed by atoms with Crippen LogP contribution in [0.15, 0.2) is 6.20 Å². The Morgan fingerprint density at radius 3 is 2.85 bits per heavy atom. The first-order valence-corrected chi connectivity index (χ1v) is 7.44. The maximum Gasteiger partial charge on any atom is 0.411 e. The number of aryl methyl sites for hydroxylation is 1. The summed E-state index contributed by atoms with van der Waals surface area (Å²) in [6.45, 7) is 7.81. The van der Waals surface area contributed by atoms with E-state index in [4.69, 9.17) is 4.74 Å². The number of ether oxygens (including phenoxy) is 1. The smallest absolute Gasteiger partial charge is 0.411 e. The topological polar surface area (TPSA) is 58.2 Å². The Hall–Kier alpha value is -1.52. The van der Waals surface area contributed by atoms with E-state index in [9.17, 15) is 4.79 Å². The summed E-state index contributed by atoms with van der Waals surface area (Å²) in [5, 5.41) is 0. The molecule has 1 saturated carbocycles. The third-order valence-electron chi connectivity index (χ3n) is 4.05. The van der Waals surface area contributed by atoms with Crippen LogP contribution >= 0.6 is 0 Å². The van der Waals surface area contributed by atoms with Gasteiger partial charge in [0.05, 0.1) is 6.04 Å². The van der Waals surface area contributed by atoms with Gasteiger partial charge >= 0.3 is 6.09 Å². The van der Waals surface area contributed by atoms with Crippen molar-refractivity contribution in [3.63, 3.8) is 0 Å². The number of likely N-dealkylation sites (tertiary alicyclic amines) is 1. The second kappa shape index (κ2) is 4.50. The zero-order valence-corrected chi connectivity index (χ0v) is 12.6. The SMILES string of the molecule is CCc1cnc(C2CC3CC3N2C(=O)OC(C)(C)C)[nH]1. The molecule has 5 nitrogen and oxygen atoms in total. The van der Waals surface area contributed by atoms with Crippen LogP contribution in [0.5, 0.6) is 0 Å². The quantitative estimate of drug-likeness (QED) is 0.904. The van der Waals surface area contributed by atoms with Crippen molar-refractivity contribution in [2.45, 2.75) is 64.6 Å². The molecular weight excluding hydrogens is 254 g/mol. The van der Waals surface area contributed by atoms with Crippen LogP contribution in [-0.2, 0) is 11.2 Å². The van der Waals surface area contributed by atoms with E-state index < -0.39 is 5.60 Å². The molecule has 20 heavy (non-hydrogen) atoms. The Morgan fingerprint density at radius 2 is 2.25 bits per heavy atom. The minimum absolute atomic E-state index is 0.0499. The normalized spacial score (nSPS) is 28.4. The molecule has 3 unspecified atom stereocenters. The zero-order chi connectivity index (χ0) is 14.5. The number of hydrogen-bond donors (Lipinski definition) is 1. The van der Waals surface area contributed by atoms with Crippen LogP contribution in [0, 0.1) is 5.92 Å². The molecule has 0 bridgehead atoms. The van der Waals surface area contributed by atoms with Crippen LogP contribution in [0.25, 0.3) is 0 Å². The Bertz CT molecular complexity index is 517. The van der Waals surface area contributed by atoms with Gasteiger partial charge in [0.15, 0.2) is 0 Å². The molecule has 1 aliphatic heterocycles. The highest BCUT2D eigenvalue weighted by atomic mass is 16.6. The summed E-state index contributed by atoms with van der Waals surface area (Å²) >= 11 is 0. The number of aromatic amines is 1. The van der Waals surface area contributed by atoms with E-state index in [0.29, 0.717) is 12.0 Å². The first-order valence-electron chi connectivity index (χ1n) is 7.44. The Balaban J connectivity index is 1.79. The van der Waals surface area contributed by atoms with Gasteiger partial charge in [-0.3, -0.25) is 4.90 Å². The van der Waals surface area contributed by atoms with Crippen LogP contribution in [0.4, 0.5) is 4.79 Å². The summed E-state index contributed by atoms with van der Waals surface area (Å²) in [5.74, 6) is 1.53. The van der Waals surface area contributed by atoms with Crippen molar-refractivity contribution in [3.8, 4) is 0 Å². The molecule has 1 saturated heterocycles. The number of carbonyl (C=O) groups excluding carboxylic acids is 1. The maximum atomic E-state index is 12.4. The number of carbonyl (C=O) groups is 1. The molecule has 110 valence electrons. The van der Waals surface area contributed by atoms with Gasteiger partial charge in [-0.15, -0.1) is 0 Å². The van der Waals surface area contributed by atoms with E-state index in [1.54, 1.807) is 0 Å². The molecule has 2 aliphatic rings. The number of H-pyrrole nitrogens is 1. The van der Waals surface area contributed by atoms with E-state index >= 15 is 0 Å². The molecule has 1 aromatic rings. The van der Waals surface area contributed by atoms with Crippen LogP contribution in [-0.4, -0.2) is 32.6 Å². The van der Waals surface area contributed by atoms with Crippen molar-refractivity contribution in [3.05, 3.63) is 17.7 Å². The van der Waals surface area contributed by atoms with Crippen molar-refractivity contribution >= 4 is 6.09 Å². The highest BCUT2D eigenvalue weighted by Crippen LogP contribution is 2.53. The van der Waals surface area contributed by atoms with E-state index in [1.165, 1.54) is 0 Å². The fourth-order valence-corrected chi connectivity index (χ4v) is 3.00. The maximum absolute atomic E-state index is 12.4. The number of fused-ring (bicyclic) bond motifs is 1. The summed E-state index contributed by atoms with van der Waals surface area (Å²) in [6.07, 6.45) is 4.70. The molecule has 5 heteroatoms. The molecule has 0 radical (unpaired) electrons. The molecule has 1 amide bonds. The van der Waals surface area contributed by atoms with Gasteiger partial charge in [-0.05, 0) is 46.0 Å². The van der Waals surface area contributed by atoms with Gasteiger partial charge in [0.25, 0.3) is 0 Å². The molecule has 0 aromatic carbocycles. The Labute approximate surface area is 119 Å². The molecule has 0 spiro atoms. The largest absolute Gasteiger partial charge is 0.444 e. The van der Waals surface area contributed by atoms with Gasteiger partial charge in [-0.25, -0.2) is 9.78 Å². The van der Waals surface area contributed by atoms with Crippen LogP contribution in [0.2, 0.25) is 0 Å². The molecule has 1 aliphatic carbocycles. The van der Waals surface area contributed by atoms with E-state index in [-0.39, 0.29) is 12.1 Å². The lowest BCUT2D eigenvalue weighted by Gasteiger charge is -2.29. The Morgan fingerprint density at radius 1 is 1.50 bits per heavy atom. The van der Waals surface area contributed by atoms with Crippen molar-refractivity contribution in [2.75, 3.05) is 0 Å². The number of hydrogen-bond acceptors (Lipinski definition) is 3. The molecule has 2 fully saturated rings. The molecule has 1 N–H and O–H groups in total. The highest BCUT2D eigenvalue weighted by Gasteiger charge is 2.56. The van der Waals surface area contributed by atoms with Crippen molar-refractivity contribution in [1.82, 2.24) is 14.9 Å². The number of nitrogens with zero attached hydrogens (tertiary/aromatic N) is 2. The van der Waals surface area contributed by atoms with Gasteiger partial charge in [0.2, 0.25) is 0 Å². The van der Waals surface area contributed by atoms with Gasteiger partial charge in [-0.2, -0.15) is 0 Å². The van der Waals surface area contributed by atoms with E-state index in [1.807, 2.05) is 31.9 Å². The molecule has 3 atom stereocenters. The number of nitrogens with one attached hydrogen (secondary N) is 1. The lowest BCUT2D eigenvalue weighted by Crippen LogP contribution is -2.38. The van der Waals surface area contributed by atoms with E-state index in [0.717, 1.165) is 30.8 Å². The third kappa shape index (κ3) is 2.41. The fraction of sp³-hybridized carbons (Fsp3) is 0.733. The molecule has 3 rings (SSSR count). The van der Waals surface area contributed by atoms with Gasteiger partial charge in [0, 0.05) is 17.9 Å². The molecule has 2 heterocycles. The molecular formula is C15H23N3O2. The minimum Gasteiger partial charge on any atom is -0.444 e. The predicted molar refractivity (Wildman–Crippen MR) is 75.3 cm³/mol. The van der Waals surface area contributed by atoms with Crippen molar-refractivity contribution in [1.29, 1.82) is 0 Å². The van der Waals surface area contributed by atoms with Gasteiger partial charge in [-0.1, -0.05) is 6.92 Å². The van der Waals surface area contributed by atoms with E-state index in [2.05, 4.69) is 16.9 Å². The lowest BCUT2D eigenvalue weighted by atomic mass is 10.1. The summed E-state index contributed by atoms with van der Waals surface area (Å²) in [4.78, 5) is 22.1. The second-order valence-corrected chi connectivity index (χ2v) is 6.85. The van der Waals surface area contributed by atoms with Crippen LogP contribution in [0.3, 0.4) is 0 Å². The first-order chi connectivity index (χ1) is 9.39. The predicted octanol–water partition coefficient (Wildman–Crippen LogP) is 3.04. The summed E-state index contributed by atoms with van der Waals surface area (Å²) < 4.78 is 5.55. The Kier molecular flexibility index (Phi) is 3.03.